The van der Waals surface area contributed by atoms with Crippen molar-refractivity contribution in [2.45, 2.75) is 57.7 Å². The van der Waals surface area contributed by atoms with Crippen molar-refractivity contribution in [1.29, 1.82) is 0 Å². The van der Waals surface area contributed by atoms with E-state index in [1.807, 2.05) is 26.0 Å². The number of aliphatic hydroxyl groups excluding tert-OH is 1. The van der Waals surface area contributed by atoms with E-state index in [0.29, 0.717) is 19.1 Å². The summed E-state index contributed by atoms with van der Waals surface area (Å²) >= 11 is 0. The lowest BCUT2D eigenvalue weighted by Gasteiger charge is -2.44. The number of nitrogens with one attached hydrogen (secondary N) is 1. The van der Waals surface area contributed by atoms with E-state index in [1.165, 1.54) is 12.8 Å². The third-order valence-electron chi connectivity index (χ3n) is 4.97. The number of benzene rings is 1. The minimum absolute atomic E-state index is 0.0700. The Bertz CT molecular complexity index is 570. The smallest absolute Gasteiger partial charge is 0.234 e. The molecule has 0 spiro atoms. The second-order valence-electron chi connectivity index (χ2n) is 7.24. The molecule has 5 nitrogen and oxygen atoms in total. The number of amides is 1. The largest absolute Gasteiger partial charge is 0.491 e. The number of carbonyl (C=O) groups is 1. The zero-order valence-corrected chi connectivity index (χ0v) is 14.6. The highest BCUT2D eigenvalue weighted by Gasteiger charge is 2.36. The molecule has 1 aromatic carbocycles. The molecule has 3 unspecified atom stereocenters. The van der Waals surface area contributed by atoms with E-state index in [1.54, 1.807) is 0 Å². The number of hydrogen-bond acceptors (Lipinski definition) is 4. The fourth-order valence-electron chi connectivity index (χ4n) is 4.00. The van der Waals surface area contributed by atoms with Crippen LogP contribution in [0.3, 0.4) is 0 Å². The van der Waals surface area contributed by atoms with Gasteiger partial charge in [0.15, 0.2) is 0 Å². The molecule has 2 N–H and O–H groups in total. The van der Waals surface area contributed by atoms with Crippen LogP contribution in [0.15, 0.2) is 18.2 Å². The molecule has 1 aliphatic heterocycles. The van der Waals surface area contributed by atoms with Crippen LogP contribution < -0.4 is 10.1 Å². The summed E-state index contributed by atoms with van der Waals surface area (Å²) in [6.07, 6.45) is 3.91. The van der Waals surface area contributed by atoms with E-state index < -0.39 is 6.10 Å². The van der Waals surface area contributed by atoms with Gasteiger partial charge in [0, 0.05) is 18.6 Å². The van der Waals surface area contributed by atoms with Crippen LogP contribution >= 0.6 is 0 Å². The van der Waals surface area contributed by atoms with Crippen molar-refractivity contribution < 1.29 is 14.6 Å². The molecule has 24 heavy (non-hydrogen) atoms. The maximum Gasteiger partial charge on any atom is 0.234 e. The summed E-state index contributed by atoms with van der Waals surface area (Å²) in [4.78, 5) is 14.0. The van der Waals surface area contributed by atoms with Crippen molar-refractivity contribution in [3.05, 3.63) is 29.3 Å². The number of nitrogens with zero attached hydrogens (tertiary/aromatic N) is 1. The highest BCUT2D eigenvalue weighted by molar-refractivity contribution is 5.79. The molecule has 0 radical (unpaired) electrons. The third-order valence-corrected chi connectivity index (χ3v) is 4.97. The average Bonchev–Trinajstić information content (AvgIpc) is 2.52. The van der Waals surface area contributed by atoms with E-state index in [0.717, 1.165) is 29.7 Å². The van der Waals surface area contributed by atoms with E-state index in [2.05, 4.69) is 16.3 Å². The Kier molecular flexibility index (Phi) is 5.41. The molecular formula is C19H28N2O3. The highest BCUT2D eigenvalue weighted by Crippen LogP contribution is 2.26. The minimum atomic E-state index is -0.598. The summed E-state index contributed by atoms with van der Waals surface area (Å²) in [7, 11) is 0. The van der Waals surface area contributed by atoms with Crippen LogP contribution in [0, 0.1) is 13.8 Å². The van der Waals surface area contributed by atoms with Crippen molar-refractivity contribution in [3.8, 4) is 5.75 Å². The first-order valence-electron chi connectivity index (χ1n) is 8.94. The van der Waals surface area contributed by atoms with Gasteiger partial charge in [-0.25, -0.2) is 0 Å². The number of fused-ring (bicyclic) bond motifs is 1. The van der Waals surface area contributed by atoms with Crippen molar-refractivity contribution in [1.82, 2.24) is 10.2 Å². The van der Waals surface area contributed by atoms with Gasteiger partial charge in [0.1, 0.15) is 18.5 Å². The minimum Gasteiger partial charge on any atom is -0.491 e. The molecule has 1 saturated heterocycles. The standard InChI is InChI=1S/C19H28N2O3/c1-13-7-14(2)9-16(8-13)24-12-15(22)10-21-11-19(23)20-17-5-3-4-6-18(17)21/h7-9,15,17-18,22H,3-6,10-12H2,1-2H3,(H,20,23). The number of β-amino-alcohol motifs (C(OH)–C–C–N with tert-alkyl or cyclic N) is 1. The third kappa shape index (κ3) is 4.28. The predicted octanol–water partition coefficient (Wildman–Crippen LogP) is 1.79. The molecular weight excluding hydrogens is 304 g/mol. The molecule has 1 heterocycles. The summed E-state index contributed by atoms with van der Waals surface area (Å²) in [6.45, 7) is 5.18. The Labute approximate surface area is 144 Å². The number of aliphatic hydroxyl groups is 1. The fraction of sp³-hybridized carbons (Fsp3) is 0.632. The Morgan fingerprint density at radius 1 is 1.25 bits per heavy atom. The van der Waals surface area contributed by atoms with Gasteiger partial charge in [0.25, 0.3) is 0 Å². The van der Waals surface area contributed by atoms with Crippen molar-refractivity contribution in [2.75, 3.05) is 19.7 Å². The van der Waals surface area contributed by atoms with Gasteiger partial charge in [0.2, 0.25) is 5.91 Å². The van der Waals surface area contributed by atoms with Gasteiger partial charge in [0.05, 0.1) is 6.54 Å². The quantitative estimate of drug-likeness (QED) is 0.863. The van der Waals surface area contributed by atoms with Gasteiger partial charge in [-0.2, -0.15) is 0 Å². The molecule has 1 amide bonds. The Hall–Kier alpha value is -1.59. The van der Waals surface area contributed by atoms with Crippen LogP contribution in [0.5, 0.6) is 5.75 Å². The normalized spacial score (nSPS) is 25.7. The van der Waals surface area contributed by atoms with Crippen LogP contribution in [-0.4, -0.2) is 53.8 Å². The van der Waals surface area contributed by atoms with Gasteiger partial charge in [-0.15, -0.1) is 0 Å². The first-order chi connectivity index (χ1) is 11.5. The van der Waals surface area contributed by atoms with E-state index in [9.17, 15) is 9.90 Å². The molecule has 1 aromatic rings. The lowest BCUT2D eigenvalue weighted by Crippen LogP contribution is -2.62. The van der Waals surface area contributed by atoms with Crippen molar-refractivity contribution in [2.24, 2.45) is 0 Å². The van der Waals surface area contributed by atoms with Crippen LogP contribution in [-0.2, 0) is 4.79 Å². The van der Waals surface area contributed by atoms with Crippen LogP contribution in [0.2, 0.25) is 0 Å². The molecule has 132 valence electrons. The second-order valence-corrected chi connectivity index (χ2v) is 7.24. The highest BCUT2D eigenvalue weighted by atomic mass is 16.5. The zero-order valence-electron chi connectivity index (χ0n) is 14.6. The molecule has 3 atom stereocenters. The summed E-state index contributed by atoms with van der Waals surface area (Å²) in [5.41, 5.74) is 2.30. The summed E-state index contributed by atoms with van der Waals surface area (Å²) in [5.74, 6) is 0.860. The summed E-state index contributed by atoms with van der Waals surface area (Å²) in [5, 5.41) is 13.5. The lowest BCUT2D eigenvalue weighted by atomic mass is 9.87. The van der Waals surface area contributed by atoms with Crippen molar-refractivity contribution >= 4 is 5.91 Å². The number of hydrogen-bond donors (Lipinski definition) is 2. The molecule has 2 fully saturated rings. The molecule has 2 aliphatic rings. The zero-order chi connectivity index (χ0) is 17.1. The molecule has 1 aliphatic carbocycles. The van der Waals surface area contributed by atoms with E-state index >= 15 is 0 Å². The van der Waals surface area contributed by atoms with E-state index in [-0.39, 0.29) is 18.6 Å². The molecule has 3 rings (SSSR count). The predicted molar refractivity (Wildman–Crippen MR) is 93.2 cm³/mol. The lowest BCUT2D eigenvalue weighted by molar-refractivity contribution is -0.129. The van der Waals surface area contributed by atoms with Gasteiger partial charge in [-0.05, 0) is 49.9 Å². The van der Waals surface area contributed by atoms with Gasteiger partial charge >= 0.3 is 0 Å². The number of aryl methyl sites for hydroxylation is 2. The topological polar surface area (TPSA) is 61.8 Å². The van der Waals surface area contributed by atoms with Crippen LogP contribution in [0.1, 0.15) is 36.8 Å². The maximum absolute atomic E-state index is 11.9. The average molecular weight is 332 g/mol. The molecule has 0 aromatic heterocycles. The van der Waals surface area contributed by atoms with Crippen molar-refractivity contribution in [3.63, 3.8) is 0 Å². The van der Waals surface area contributed by atoms with Gasteiger partial charge in [-0.1, -0.05) is 18.9 Å². The first-order valence-corrected chi connectivity index (χ1v) is 8.94. The summed E-state index contributed by atoms with van der Waals surface area (Å²) in [6, 6.07) is 6.65. The molecule has 5 heteroatoms. The number of ether oxygens (including phenoxy) is 1. The van der Waals surface area contributed by atoms with E-state index in [4.69, 9.17) is 4.74 Å². The maximum atomic E-state index is 11.9. The Balaban J connectivity index is 1.55. The van der Waals surface area contributed by atoms with Crippen LogP contribution in [0.4, 0.5) is 0 Å². The summed E-state index contributed by atoms with van der Waals surface area (Å²) < 4.78 is 5.76. The van der Waals surface area contributed by atoms with Gasteiger partial charge in [-0.3, -0.25) is 9.69 Å². The Morgan fingerprint density at radius 3 is 2.71 bits per heavy atom. The number of rotatable bonds is 5. The number of piperazine rings is 1. The monoisotopic (exact) mass is 332 g/mol. The van der Waals surface area contributed by atoms with Crippen LogP contribution in [0.25, 0.3) is 0 Å². The Morgan fingerprint density at radius 2 is 1.96 bits per heavy atom. The molecule has 0 bridgehead atoms. The SMILES string of the molecule is Cc1cc(C)cc(OCC(O)CN2CC(=O)NC3CCCCC32)c1. The molecule has 1 saturated carbocycles. The fourth-order valence-corrected chi connectivity index (χ4v) is 4.00. The number of carbonyl (C=O) groups excluding carboxylic acids is 1. The second kappa shape index (κ2) is 7.53. The first kappa shape index (κ1) is 17.2. The van der Waals surface area contributed by atoms with Gasteiger partial charge < -0.3 is 15.2 Å².